The predicted octanol–water partition coefficient (Wildman–Crippen LogP) is 4.16. The molecule has 5 nitrogen and oxygen atoms in total. The second-order valence-electron chi connectivity index (χ2n) is 6.93. The first kappa shape index (κ1) is 21.9. The average molecular weight is 404 g/mol. The molecule has 0 aromatic heterocycles. The van der Waals surface area contributed by atoms with E-state index in [4.69, 9.17) is 4.74 Å². The molecule has 0 bridgehead atoms. The van der Waals surface area contributed by atoms with Gasteiger partial charge in [-0.3, -0.25) is 0 Å². The number of para-hydroxylation sites is 1. The molecule has 152 valence electrons. The van der Waals surface area contributed by atoms with Crippen molar-refractivity contribution in [2.24, 2.45) is 0 Å². The Labute approximate surface area is 174 Å². The van der Waals surface area contributed by atoms with Crippen molar-refractivity contribution in [3.8, 4) is 5.75 Å². The maximum absolute atomic E-state index is 12.4. The normalized spacial score (nSPS) is 13.7. The third kappa shape index (κ3) is 5.10. The fourth-order valence-electron chi connectivity index (χ4n) is 3.45. The maximum Gasteiger partial charge on any atom is 0.320 e. The van der Waals surface area contributed by atoms with E-state index in [1.54, 1.807) is 0 Å². The number of nitrogens with zero attached hydrogens (tertiary/aromatic N) is 2. The summed E-state index contributed by atoms with van der Waals surface area (Å²) in [5.74, 6) is 0.833. The van der Waals surface area contributed by atoms with Gasteiger partial charge in [-0.05, 0) is 49.1 Å². The number of halogens is 1. The zero-order valence-corrected chi connectivity index (χ0v) is 17.7. The van der Waals surface area contributed by atoms with Gasteiger partial charge in [0.25, 0.3) is 0 Å². The van der Waals surface area contributed by atoms with Crippen LogP contribution in [0.15, 0.2) is 42.5 Å². The van der Waals surface area contributed by atoms with Crippen LogP contribution in [0.5, 0.6) is 5.75 Å². The van der Waals surface area contributed by atoms with Gasteiger partial charge in [-0.2, -0.15) is 0 Å². The highest BCUT2D eigenvalue weighted by molar-refractivity contribution is 5.85. The molecule has 0 atom stereocenters. The Balaban J connectivity index is 0.00000280. The Morgan fingerprint density at radius 3 is 2.46 bits per heavy atom. The number of urea groups is 1. The minimum Gasteiger partial charge on any atom is -0.473 e. The maximum atomic E-state index is 12.4. The number of piperazine rings is 1. The van der Waals surface area contributed by atoms with Gasteiger partial charge in [0.2, 0.25) is 0 Å². The molecule has 0 aliphatic carbocycles. The first-order chi connectivity index (χ1) is 13.1. The van der Waals surface area contributed by atoms with Crippen LogP contribution < -0.4 is 15.0 Å². The van der Waals surface area contributed by atoms with Gasteiger partial charge in [-0.25, -0.2) is 4.79 Å². The van der Waals surface area contributed by atoms with Crippen molar-refractivity contribution in [3.63, 3.8) is 0 Å². The van der Waals surface area contributed by atoms with E-state index in [0.29, 0.717) is 13.1 Å². The molecule has 6 heteroatoms. The molecule has 1 saturated heterocycles. The second-order valence-corrected chi connectivity index (χ2v) is 6.93. The van der Waals surface area contributed by atoms with Gasteiger partial charge < -0.3 is 19.9 Å². The molecule has 1 aliphatic heterocycles. The molecular formula is C22H30ClN3O2. The number of amides is 2. The Hall–Kier alpha value is -2.40. The summed E-state index contributed by atoms with van der Waals surface area (Å²) >= 11 is 0. The van der Waals surface area contributed by atoms with Crippen molar-refractivity contribution in [1.29, 1.82) is 0 Å². The quantitative estimate of drug-likeness (QED) is 0.762. The molecule has 1 aliphatic rings. The highest BCUT2D eigenvalue weighted by Crippen LogP contribution is 2.24. The van der Waals surface area contributed by atoms with E-state index in [0.717, 1.165) is 30.8 Å². The van der Waals surface area contributed by atoms with Crippen molar-refractivity contribution >= 4 is 24.1 Å². The summed E-state index contributed by atoms with van der Waals surface area (Å²) in [6.45, 7) is 9.70. The highest BCUT2D eigenvalue weighted by atomic mass is 35.5. The lowest BCUT2D eigenvalue weighted by Crippen LogP contribution is -2.52. The number of benzene rings is 2. The standard InChI is InChI=1S/C22H29N3O2.ClH/c1-4-19-9-5-6-11-21(19)27-16-23-22(26)25-14-12-24(13-15-25)20-10-7-8-17(2)18(20)3;/h5-11H,4,12-16H2,1-3H3,(H,23,26);1H. The van der Waals surface area contributed by atoms with E-state index < -0.39 is 0 Å². The summed E-state index contributed by atoms with van der Waals surface area (Å²) in [5, 5.41) is 2.87. The van der Waals surface area contributed by atoms with Crippen molar-refractivity contribution in [2.45, 2.75) is 27.2 Å². The van der Waals surface area contributed by atoms with Crippen molar-refractivity contribution in [1.82, 2.24) is 10.2 Å². The molecule has 0 spiro atoms. The van der Waals surface area contributed by atoms with Gasteiger partial charge in [-0.15, -0.1) is 12.4 Å². The zero-order valence-electron chi connectivity index (χ0n) is 16.9. The molecule has 1 N–H and O–H groups in total. The lowest BCUT2D eigenvalue weighted by atomic mass is 10.1. The summed E-state index contributed by atoms with van der Waals surface area (Å²) in [6.07, 6.45) is 0.907. The Bertz CT molecular complexity index is 789. The Kier molecular flexibility index (Phi) is 8.00. The molecule has 0 radical (unpaired) electrons. The Morgan fingerprint density at radius 1 is 1.04 bits per heavy atom. The fraction of sp³-hybridized carbons (Fsp3) is 0.409. The van der Waals surface area contributed by atoms with E-state index in [2.05, 4.69) is 49.2 Å². The lowest BCUT2D eigenvalue weighted by Gasteiger charge is -2.37. The molecule has 1 heterocycles. The number of aryl methyl sites for hydroxylation is 2. The van der Waals surface area contributed by atoms with Crippen molar-refractivity contribution in [2.75, 3.05) is 37.8 Å². The minimum atomic E-state index is -0.0652. The van der Waals surface area contributed by atoms with Gasteiger partial charge in [0.15, 0.2) is 6.73 Å². The first-order valence-electron chi connectivity index (χ1n) is 9.64. The average Bonchev–Trinajstić information content (AvgIpc) is 2.70. The van der Waals surface area contributed by atoms with Crippen LogP contribution in [0.4, 0.5) is 10.5 Å². The topological polar surface area (TPSA) is 44.8 Å². The summed E-state index contributed by atoms with van der Waals surface area (Å²) in [7, 11) is 0. The number of hydrogen-bond donors (Lipinski definition) is 1. The van der Waals surface area contributed by atoms with Crippen LogP contribution in [-0.2, 0) is 6.42 Å². The highest BCUT2D eigenvalue weighted by Gasteiger charge is 2.22. The number of carbonyl (C=O) groups is 1. The van der Waals surface area contributed by atoms with Crippen molar-refractivity contribution in [3.05, 3.63) is 59.2 Å². The summed E-state index contributed by atoms with van der Waals surface area (Å²) in [4.78, 5) is 16.6. The Morgan fingerprint density at radius 2 is 1.75 bits per heavy atom. The lowest BCUT2D eigenvalue weighted by molar-refractivity contribution is 0.181. The SMILES string of the molecule is CCc1ccccc1OCNC(=O)N1CCN(c2cccc(C)c2C)CC1.Cl. The van der Waals surface area contributed by atoms with Gasteiger partial charge in [-0.1, -0.05) is 37.3 Å². The summed E-state index contributed by atoms with van der Waals surface area (Å²) in [5.41, 5.74) is 5.04. The molecule has 0 saturated carbocycles. The van der Waals surface area contributed by atoms with E-state index in [1.807, 2.05) is 29.2 Å². The molecule has 2 aromatic rings. The molecule has 2 amide bonds. The van der Waals surface area contributed by atoms with Crippen LogP contribution in [-0.4, -0.2) is 43.8 Å². The fourth-order valence-corrected chi connectivity index (χ4v) is 3.45. The van der Waals surface area contributed by atoms with Gasteiger partial charge in [0.05, 0.1) is 0 Å². The van der Waals surface area contributed by atoms with Crippen LogP contribution >= 0.6 is 12.4 Å². The summed E-state index contributed by atoms with van der Waals surface area (Å²) < 4.78 is 5.74. The van der Waals surface area contributed by atoms with E-state index in [1.165, 1.54) is 16.8 Å². The molecule has 1 fully saturated rings. The van der Waals surface area contributed by atoms with E-state index in [-0.39, 0.29) is 25.2 Å². The third-order valence-corrected chi connectivity index (χ3v) is 5.29. The summed E-state index contributed by atoms with van der Waals surface area (Å²) in [6, 6.07) is 14.3. The molecule has 28 heavy (non-hydrogen) atoms. The number of anilines is 1. The predicted molar refractivity (Wildman–Crippen MR) is 117 cm³/mol. The van der Waals surface area contributed by atoms with E-state index in [9.17, 15) is 4.79 Å². The second kappa shape index (κ2) is 10.2. The molecule has 2 aromatic carbocycles. The number of ether oxygens (including phenoxy) is 1. The first-order valence-corrected chi connectivity index (χ1v) is 9.64. The van der Waals surface area contributed by atoms with Gasteiger partial charge >= 0.3 is 6.03 Å². The smallest absolute Gasteiger partial charge is 0.320 e. The molecule has 0 unspecified atom stereocenters. The largest absolute Gasteiger partial charge is 0.473 e. The van der Waals surface area contributed by atoms with E-state index >= 15 is 0 Å². The van der Waals surface area contributed by atoms with Crippen LogP contribution in [0.1, 0.15) is 23.6 Å². The van der Waals surface area contributed by atoms with Crippen LogP contribution in [0.25, 0.3) is 0 Å². The number of carbonyl (C=O) groups excluding carboxylic acids is 1. The van der Waals surface area contributed by atoms with Crippen LogP contribution in [0, 0.1) is 13.8 Å². The van der Waals surface area contributed by atoms with Crippen LogP contribution in [0.2, 0.25) is 0 Å². The number of rotatable bonds is 5. The van der Waals surface area contributed by atoms with Crippen molar-refractivity contribution < 1.29 is 9.53 Å². The number of hydrogen-bond acceptors (Lipinski definition) is 3. The molecular weight excluding hydrogens is 374 g/mol. The zero-order chi connectivity index (χ0) is 19.2. The molecule has 3 rings (SSSR count). The van der Waals surface area contributed by atoms with Gasteiger partial charge in [0, 0.05) is 31.9 Å². The monoisotopic (exact) mass is 403 g/mol. The van der Waals surface area contributed by atoms with Gasteiger partial charge in [0.1, 0.15) is 5.75 Å². The minimum absolute atomic E-state index is 0. The van der Waals surface area contributed by atoms with Crippen LogP contribution in [0.3, 0.4) is 0 Å². The third-order valence-electron chi connectivity index (χ3n) is 5.29. The number of nitrogens with one attached hydrogen (secondary N) is 1.